The first-order chi connectivity index (χ1) is 5.65. The summed E-state index contributed by atoms with van der Waals surface area (Å²) in [7, 11) is 1.93. The van der Waals surface area contributed by atoms with Crippen LogP contribution in [0, 0.1) is 6.92 Å². The molecule has 0 amide bonds. The van der Waals surface area contributed by atoms with Crippen LogP contribution >= 0.6 is 0 Å². The van der Waals surface area contributed by atoms with Crippen LogP contribution in [0.25, 0.3) is 0 Å². The summed E-state index contributed by atoms with van der Waals surface area (Å²) in [4.78, 5) is 0. The third kappa shape index (κ3) is 1.77. The predicted octanol–water partition coefficient (Wildman–Crippen LogP) is 1.98. The largest absolute Gasteiger partial charge is 0.508 e. The fraction of sp³-hybridized carbons (Fsp3) is 0.400. The molecule has 1 aromatic rings. The van der Waals surface area contributed by atoms with E-state index in [1.165, 1.54) is 5.56 Å². The SMILES string of the molecule is CN[C@H](C)c1ccc(O)cc1C. The lowest BCUT2D eigenvalue weighted by Gasteiger charge is -2.13. The second kappa shape index (κ2) is 3.59. The Kier molecular flexibility index (Phi) is 2.71. The van der Waals surface area contributed by atoms with E-state index < -0.39 is 0 Å². The number of aromatic hydroxyl groups is 1. The number of rotatable bonds is 2. The molecule has 0 bridgehead atoms. The van der Waals surface area contributed by atoms with Gasteiger partial charge < -0.3 is 10.4 Å². The van der Waals surface area contributed by atoms with Gasteiger partial charge in [-0.15, -0.1) is 0 Å². The zero-order valence-electron chi connectivity index (χ0n) is 7.76. The highest BCUT2D eigenvalue weighted by atomic mass is 16.3. The second-order valence-corrected chi connectivity index (χ2v) is 3.05. The maximum atomic E-state index is 9.17. The Bertz CT molecular complexity index is 271. The fourth-order valence-corrected chi connectivity index (χ4v) is 1.30. The summed E-state index contributed by atoms with van der Waals surface area (Å²) in [6, 6.07) is 5.79. The van der Waals surface area contributed by atoms with Gasteiger partial charge in [-0.05, 0) is 44.2 Å². The summed E-state index contributed by atoms with van der Waals surface area (Å²) in [5.41, 5.74) is 2.35. The first kappa shape index (κ1) is 9.07. The molecule has 1 aromatic carbocycles. The Morgan fingerprint density at radius 3 is 2.58 bits per heavy atom. The van der Waals surface area contributed by atoms with Gasteiger partial charge in [-0.25, -0.2) is 0 Å². The van der Waals surface area contributed by atoms with Gasteiger partial charge in [-0.1, -0.05) is 6.07 Å². The molecule has 2 nitrogen and oxygen atoms in total. The lowest BCUT2D eigenvalue weighted by molar-refractivity contribution is 0.474. The van der Waals surface area contributed by atoms with Crippen LogP contribution in [0.5, 0.6) is 5.75 Å². The first-order valence-electron chi connectivity index (χ1n) is 4.12. The van der Waals surface area contributed by atoms with Crippen molar-refractivity contribution >= 4 is 0 Å². The molecule has 0 radical (unpaired) electrons. The van der Waals surface area contributed by atoms with Crippen LogP contribution in [0.1, 0.15) is 24.1 Å². The van der Waals surface area contributed by atoms with Crippen molar-refractivity contribution in [3.63, 3.8) is 0 Å². The summed E-state index contributed by atoms with van der Waals surface area (Å²) < 4.78 is 0. The van der Waals surface area contributed by atoms with Crippen molar-refractivity contribution < 1.29 is 5.11 Å². The summed E-state index contributed by atoms with van der Waals surface area (Å²) in [6.45, 7) is 4.10. The van der Waals surface area contributed by atoms with Crippen molar-refractivity contribution in [1.82, 2.24) is 5.32 Å². The van der Waals surface area contributed by atoms with E-state index in [1.807, 2.05) is 20.0 Å². The Hall–Kier alpha value is -1.02. The molecule has 0 aromatic heterocycles. The van der Waals surface area contributed by atoms with Crippen LogP contribution in [0.2, 0.25) is 0 Å². The number of phenols is 1. The molecule has 2 N–H and O–H groups in total. The van der Waals surface area contributed by atoms with E-state index in [4.69, 9.17) is 0 Å². The molecule has 2 heteroatoms. The van der Waals surface area contributed by atoms with E-state index in [2.05, 4.69) is 12.2 Å². The molecule has 0 aliphatic carbocycles. The van der Waals surface area contributed by atoms with Crippen LogP contribution in [0.15, 0.2) is 18.2 Å². The van der Waals surface area contributed by atoms with E-state index in [-0.39, 0.29) is 0 Å². The van der Waals surface area contributed by atoms with Gasteiger partial charge >= 0.3 is 0 Å². The third-order valence-corrected chi connectivity index (χ3v) is 2.15. The van der Waals surface area contributed by atoms with Gasteiger partial charge in [0.05, 0.1) is 0 Å². The molecule has 12 heavy (non-hydrogen) atoms. The molecule has 0 aliphatic heterocycles. The molecule has 1 atom stereocenters. The van der Waals surface area contributed by atoms with Crippen LogP contribution in [-0.4, -0.2) is 12.2 Å². The number of aryl methyl sites for hydroxylation is 1. The average molecular weight is 165 g/mol. The smallest absolute Gasteiger partial charge is 0.115 e. The van der Waals surface area contributed by atoms with Crippen molar-refractivity contribution in [2.24, 2.45) is 0 Å². The van der Waals surface area contributed by atoms with E-state index >= 15 is 0 Å². The van der Waals surface area contributed by atoms with Crippen LogP contribution in [-0.2, 0) is 0 Å². The number of hydrogen-bond donors (Lipinski definition) is 2. The van der Waals surface area contributed by atoms with E-state index in [0.29, 0.717) is 11.8 Å². The highest BCUT2D eigenvalue weighted by molar-refractivity contribution is 5.35. The fourth-order valence-electron chi connectivity index (χ4n) is 1.30. The van der Waals surface area contributed by atoms with Gasteiger partial charge in [0.2, 0.25) is 0 Å². The average Bonchev–Trinajstić information content (AvgIpc) is 2.03. The minimum atomic E-state index is 0.333. The standard InChI is InChI=1S/C10H15NO/c1-7-6-9(12)4-5-10(7)8(2)11-3/h4-6,8,11-12H,1-3H3/t8-/m1/s1. The normalized spacial score (nSPS) is 12.9. The second-order valence-electron chi connectivity index (χ2n) is 3.05. The number of hydrogen-bond acceptors (Lipinski definition) is 2. The monoisotopic (exact) mass is 165 g/mol. The van der Waals surface area contributed by atoms with Gasteiger partial charge in [0, 0.05) is 6.04 Å². The Morgan fingerprint density at radius 1 is 1.42 bits per heavy atom. The predicted molar refractivity (Wildman–Crippen MR) is 50.3 cm³/mol. The highest BCUT2D eigenvalue weighted by Gasteiger charge is 2.05. The molecule has 66 valence electrons. The number of phenolic OH excluding ortho intramolecular Hbond substituents is 1. The quantitative estimate of drug-likeness (QED) is 0.702. The summed E-state index contributed by atoms with van der Waals surface area (Å²) in [6.07, 6.45) is 0. The Balaban J connectivity index is 3.01. The summed E-state index contributed by atoms with van der Waals surface area (Å²) in [5, 5.41) is 12.3. The number of benzene rings is 1. The van der Waals surface area contributed by atoms with Crippen molar-refractivity contribution in [2.75, 3.05) is 7.05 Å². The zero-order chi connectivity index (χ0) is 9.14. The Labute approximate surface area is 73.2 Å². The number of nitrogens with one attached hydrogen (secondary N) is 1. The van der Waals surface area contributed by atoms with Gasteiger partial charge in [0.25, 0.3) is 0 Å². The maximum Gasteiger partial charge on any atom is 0.115 e. The third-order valence-electron chi connectivity index (χ3n) is 2.15. The van der Waals surface area contributed by atoms with Crippen molar-refractivity contribution in [2.45, 2.75) is 19.9 Å². The molecule has 0 fully saturated rings. The minimum absolute atomic E-state index is 0.333. The van der Waals surface area contributed by atoms with Gasteiger partial charge in [-0.2, -0.15) is 0 Å². The molecule has 0 aliphatic rings. The van der Waals surface area contributed by atoms with Gasteiger partial charge in [-0.3, -0.25) is 0 Å². The topological polar surface area (TPSA) is 32.3 Å². The minimum Gasteiger partial charge on any atom is -0.508 e. The van der Waals surface area contributed by atoms with Crippen LogP contribution in [0.4, 0.5) is 0 Å². The van der Waals surface area contributed by atoms with E-state index in [0.717, 1.165) is 5.56 Å². The molecule has 0 unspecified atom stereocenters. The van der Waals surface area contributed by atoms with Crippen molar-refractivity contribution in [1.29, 1.82) is 0 Å². The van der Waals surface area contributed by atoms with Crippen LogP contribution < -0.4 is 5.32 Å². The zero-order valence-corrected chi connectivity index (χ0v) is 7.76. The van der Waals surface area contributed by atoms with Gasteiger partial charge in [0.1, 0.15) is 5.75 Å². The molecule has 0 spiro atoms. The lowest BCUT2D eigenvalue weighted by Crippen LogP contribution is -2.13. The molecular weight excluding hydrogens is 150 g/mol. The Morgan fingerprint density at radius 2 is 2.08 bits per heavy atom. The first-order valence-corrected chi connectivity index (χ1v) is 4.12. The summed E-state index contributed by atoms with van der Waals surface area (Å²) >= 11 is 0. The molecule has 0 saturated heterocycles. The lowest BCUT2D eigenvalue weighted by atomic mass is 10.0. The van der Waals surface area contributed by atoms with Crippen molar-refractivity contribution in [3.05, 3.63) is 29.3 Å². The summed E-state index contributed by atoms with van der Waals surface area (Å²) in [5.74, 6) is 0.333. The molecule has 1 rings (SSSR count). The van der Waals surface area contributed by atoms with Crippen molar-refractivity contribution in [3.8, 4) is 5.75 Å². The van der Waals surface area contributed by atoms with E-state index in [1.54, 1.807) is 12.1 Å². The molecular formula is C10H15NO. The van der Waals surface area contributed by atoms with E-state index in [9.17, 15) is 5.11 Å². The molecule has 0 heterocycles. The van der Waals surface area contributed by atoms with Crippen LogP contribution in [0.3, 0.4) is 0 Å². The molecule has 0 saturated carbocycles. The highest BCUT2D eigenvalue weighted by Crippen LogP contribution is 2.20. The van der Waals surface area contributed by atoms with Gasteiger partial charge in [0.15, 0.2) is 0 Å². The maximum absolute atomic E-state index is 9.17.